The van der Waals surface area contributed by atoms with E-state index in [0.717, 1.165) is 11.1 Å². The molecule has 2 rings (SSSR count). The van der Waals surface area contributed by atoms with Crippen molar-refractivity contribution in [2.45, 2.75) is 31.8 Å². The predicted molar refractivity (Wildman–Crippen MR) is 104 cm³/mol. The Bertz CT molecular complexity index is 982. The number of carbonyl (C=O) groups excluding carboxylic acids is 2. The average Bonchev–Trinajstić information content (AvgIpc) is 2.68. The monoisotopic (exact) mass is 405 g/mol. The van der Waals surface area contributed by atoms with Crippen molar-refractivity contribution in [3.63, 3.8) is 0 Å². The van der Waals surface area contributed by atoms with Crippen LogP contribution in [0.15, 0.2) is 47.4 Å². The van der Waals surface area contributed by atoms with Gasteiger partial charge in [-0.15, -0.1) is 0 Å². The zero-order valence-electron chi connectivity index (χ0n) is 16.4. The van der Waals surface area contributed by atoms with Gasteiger partial charge in [0, 0.05) is 12.6 Å². The summed E-state index contributed by atoms with van der Waals surface area (Å²) in [6.07, 6.45) is -0.974. The van der Waals surface area contributed by atoms with Gasteiger partial charge in [-0.2, -0.15) is 0 Å². The van der Waals surface area contributed by atoms with Crippen molar-refractivity contribution in [1.82, 2.24) is 4.47 Å². The number of ether oxygens (including phenoxy) is 1. The van der Waals surface area contributed by atoms with E-state index in [1.807, 2.05) is 19.9 Å². The standard InChI is InChI=1S/C20H23NO6S/c1-13-6-7-17(12-14(13)2)19(22)15(3)27-20(23)16-8-10-18(11-9-16)28(24,25)21(4)26-5/h6-12,15H,1-5H3/t15-/m1/s1. The number of hydroxylamine groups is 1. The van der Waals surface area contributed by atoms with Crippen LogP contribution in [0.1, 0.15) is 38.8 Å². The highest BCUT2D eigenvalue weighted by Crippen LogP contribution is 2.17. The Morgan fingerprint density at radius 1 is 0.964 bits per heavy atom. The number of carbonyl (C=O) groups is 2. The zero-order valence-corrected chi connectivity index (χ0v) is 17.2. The molecule has 0 radical (unpaired) electrons. The van der Waals surface area contributed by atoms with Gasteiger partial charge in [-0.05, 0) is 62.2 Å². The van der Waals surface area contributed by atoms with Crippen molar-refractivity contribution in [3.05, 3.63) is 64.7 Å². The Morgan fingerprint density at radius 3 is 2.07 bits per heavy atom. The summed E-state index contributed by atoms with van der Waals surface area (Å²) in [5.74, 6) is -1.02. The van der Waals surface area contributed by atoms with E-state index in [0.29, 0.717) is 10.0 Å². The van der Waals surface area contributed by atoms with Gasteiger partial charge < -0.3 is 4.74 Å². The molecule has 0 aliphatic rings. The Balaban J connectivity index is 2.12. The summed E-state index contributed by atoms with van der Waals surface area (Å²) in [5, 5.41) is 0. The van der Waals surface area contributed by atoms with Crippen molar-refractivity contribution >= 4 is 21.8 Å². The summed E-state index contributed by atoms with van der Waals surface area (Å²) in [5.41, 5.74) is 2.64. The topological polar surface area (TPSA) is 90.0 Å². The number of rotatable bonds is 7. The summed E-state index contributed by atoms with van der Waals surface area (Å²) in [4.78, 5) is 29.5. The molecule has 0 saturated carbocycles. The highest BCUT2D eigenvalue weighted by molar-refractivity contribution is 7.89. The number of nitrogens with zero attached hydrogens (tertiary/aromatic N) is 1. The third-order valence-electron chi connectivity index (χ3n) is 4.43. The Kier molecular flexibility index (Phi) is 6.71. The van der Waals surface area contributed by atoms with E-state index >= 15 is 0 Å². The van der Waals surface area contributed by atoms with Crippen molar-refractivity contribution < 1.29 is 27.6 Å². The number of Topliss-reactive ketones (excluding diaryl/α,β-unsaturated/α-hetero) is 1. The third kappa shape index (κ3) is 4.64. The van der Waals surface area contributed by atoms with E-state index in [4.69, 9.17) is 9.57 Å². The first-order valence-corrected chi connectivity index (χ1v) is 9.97. The van der Waals surface area contributed by atoms with E-state index < -0.39 is 22.1 Å². The highest BCUT2D eigenvalue weighted by Gasteiger charge is 2.23. The fourth-order valence-electron chi connectivity index (χ4n) is 2.42. The largest absolute Gasteiger partial charge is 0.451 e. The van der Waals surface area contributed by atoms with E-state index in [2.05, 4.69) is 0 Å². The predicted octanol–water partition coefficient (Wildman–Crippen LogP) is 2.91. The molecule has 0 aromatic heterocycles. The second-order valence-corrected chi connectivity index (χ2v) is 8.27. The zero-order chi connectivity index (χ0) is 21.1. The summed E-state index contributed by atoms with van der Waals surface area (Å²) < 4.78 is 30.3. The van der Waals surface area contributed by atoms with E-state index in [1.165, 1.54) is 45.3 Å². The van der Waals surface area contributed by atoms with Crippen molar-refractivity contribution in [2.24, 2.45) is 0 Å². The Labute approximate surface area is 164 Å². The van der Waals surface area contributed by atoms with E-state index in [1.54, 1.807) is 12.1 Å². The molecule has 7 nitrogen and oxygen atoms in total. The van der Waals surface area contributed by atoms with Crippen LogP contribution >= 0.6 is 0 Å². The van der Waals surface area contributed by atoms with Gasteiger partial charge in [0.2, 0.25) is 5.78 Å². The number of ketones is 1. The smallest absolute Gasteiger partial charge is 0.338 e. The van der Waals surface area contributed by atoms with Crippen LogP contribution in [0, 0.1) is 13.8 Å². The van der Waals surface area contributed by atoms with Gasteiger partial charge in [-0.25, -0.2) is 13.2 Å². The number of esters is 1. The van der Waals surface area contributed by atoms with Crippen molar-refractivity contribution in [1.29, 1.82) is 0 Å². The minimum atomic E-state index is -3.81. The molecule has 2 aromatic rings. The van der Waals surface area contributed by atoms with Gasteiger partial charge in [0.05, 0.1) is 17.6 Å². The average molecular weight is 405 g/mol. The van der Waals surface area contributed by atoms with Crippen molar-refractivity contribution in [2.75, 3.05) is 14.2 Å². The van der Waals surface area contributed by atoms with Gasteiger partial charge in [0.25, 0.3) is 10.0 Å². The first-order chi connectivity index (χ1) is 13.1. The van der Waals surface area contributed by atoms with E-state index in [9.17, 15) is 18.0 Å². The summed E-state index contributed by atoms with van der Waals surface area (Å²) in [6.45, 7) is 5.35. The third-order valence-corrected chi connectivity index (χ3v) is 6.12. The molecule has 28 heavy (non-hydrogen) atoms. The van der Waals surface area contributed by atoms with Crippen molar-refractivity contribution in [3.8, 4) is 0 Å². The molecule has 0 fully saturated rings. The number of aryl methyl sites for hydroxylation is 2. The Morgan fingerprint density at radius 2 is 1.54 bits per heavy atom. The normalized spacial score (nSPS) is 12.6. The quantitative estimate of drug-likeness (QED) is 0.400. The van der Waals surface area contributed by atoms with Crippen LogP contribution in [0.4, 0.5) is 0 Å². The van der Waals surface area contributed by atoms with Gasteiger partial charge in [0.1, 0.15) is 0 Å². The lowest BCUT2D eigenvalue weighted by Crippen LogP contribution is -2.26. The number of benzene rings is 2. The molecule has 1 atom stereocenters. The van der Waals surface area contributed by atoms with Gasteiger partial charge >= 0.3 is 5.97 Å². The molecule has 0 saturated heterocycles. The first-order valence-electron chi connectivity index (χ1n) is 8.53. The van der Waals surface area contributed by atoms with Crippen LogP contribution in [0.5, 0.6) is 0 Å². The van der Waals surface area contributed by atoms with Gasteiger partial charge in [-0.1, -0.05) is 16.6 Å². The number of sulfonamides is 1. The maximum absolute atomic E-state index is 12.5. The summed E-state index contributed by atoms with van der Waals surface area (Å²) >= 11 is 0. The first kappa shape index (κ1) is 21.7. The second-order valence-electron chi connectivity index (χ2n) is 6.33. The molecular weight excluding hydrogens is 382 g/mol. The molecule has 150 valence electrons. The molecule has 0 amide bonds. The molecule has 0 aliphatic heterocycles. The van der Waals surface area contributed by atoms with Crippen LogP contribution < -0.4 is 0 Å². The molecule has 8 heteroatoms. The molecule has 0 heterocycles. The molecule has 0 bridgehead atoms. The van der Waals surface area contributed by atoms with Crippen LogP contribution in [0.3, 0.4) is 0 Å². The molecule has 0 unspecified atom stereocenters. The Hall–Kier alpha value is -2.55. The maximum Gasteiger partial charge on any atom is 0.338 e. The lowest BCUT2D eigenvalue weighted by molar-refractivity contribution is -0.0258. The van der Waals surface area contributed by atoms with Crippen LogP contribution in [-0.2, 0) is 19.6 Å². The number of hydrogen-bond donors (Lipinski definition) is 0. The highest BCUT2D eigenvalue weighted by atomic mass is 32.2. The SMILES string of the molecule is CON(C)S(=O)(=O)c1ccc(C(=O)O[C@H](C)C(=O)c2ccc(C)c(C)c2)cc1. The summed E-state index contributed by atoms with van der Waals surface area (Å²) in [7, 11) is -1.31. The van der Waals surface area contributed by atoms with Crippen LogP contribution in [0.25, 0.3) is 0 Å². The molecule has 2 aromatic carbocycles. The van der Waals surface area contributed by atoms with Crippen LogP contribution in [-0.4, -0.2) is 44.9 Å². The van der Waals surface area contributed by atoms with Crippen LogP contribution in [0.2, 0.25) is 0 Å². The number of hydrogen-bond acceptors (Lipinski definition) is 6. The lowest BCUT2D eigenvalue weighted by Gasteiger charge is -2.15. The lowest BCUT2D eigenvalue weighted by atomic mass is 10.0. The fourth-order valence-corrected chi connectivity index (χ4v) is 3.39. The molecule has 0 aliphatic carbocycles. The second kappa shape index (κ2) is 8.64. The van der Waals surface area contributed by atoms with Gasteiger partial charge in [0.15, 0.2) is 6.10 Å². The van der Waals surface area contributed by atoms with Gasteiger partial charge in [-0.3, -0.25) is 9.63 Å². The molecular formula is C20H23NO6S. The fraction of sp³-hybridized carbons (Fsp3) is 0.300. The maximum atomic E-state index is 12.5. The minimum absolute atomic E-state index is 0.0346. The molecule has 0 N–H and O–H groups in total. The minimum Gasteiger partial charge on any atom is -0.451 e. The summed E-state index contributed by atoms with van der Waals surface area (Å²) in [6, 6.07) is 10.5. The van der Waals surface area contributed by atoms with E-state index in [-0.39, 0.29) is 16.2 Å². The molecule has 0 spiro atoms.